The molecule has 0 bridgehead atoms. The Hall–Kier alpha value is -0.0400. The van der Waals surface area contributed by atoms with Crippen molar-refractivity contribution in [1.82, 2.24) is 5.32 Å². The zero-order valence-electron chi connectivity index (χ0n) is 6.65. The van der Waals surface area contributed by atoms with Crippen molar-refractivity contribution in [2.75, 3.05) is 6.54 Å². The first-order chi connectivity index (χ1) is 4.20. The highest BCUT2D eigenvalue weighted by atomic mass is 14.9. The van der Waals surface area contributed by atoms with Gasteiger partial charge in [-0.25, -0.2) is 0 Å². The molecule has 0 aromatic carbocycles. The monoisotopic (exact) mass is 127 g/mol. The average molecular weight is 127 g/mol. The first kappa shape index (κ1) is 7.07. The topological polar surface area (TPSA) is 12.0 Å². The zero-order chi connectivity index (χ0) is 6.85. The lowest BCUT2D eigenvalue weighted by atomic mass is 9.99. The van der Waals surface area contributed by atoms with Gasteiger partial charge in [0.1, 0.15) is 0 Å². The van der Waals surface area contributed by atoms with Crippen molar-refractivity contribution < 1.29 is 0 Å². The minimum atomic E-state index is 0.792. The number of hydrogen-bond acceptors (Lipinski definition) is 1. The van der Waals surface area contributed by atoms with Gasteiger partial charge in [0.15, 0.2) is 0 Å². The number of rotatable bonds is 1. The van der Waals surface area contributed by atoms with Crippen molar-refractivity contribution in [3.05, 3.63) is 0 Å². The van der Waals surface area contributed by atoms with E-state index in [4.69, 9.17) is 0 Å². The highest BCUT2D eigenvalue weighted by Gasteiger charge is 2.22. The van der Waals surface area contributed by atoms with Crippen LogP contribution in [-0.4, -0.2) is 12.6 Å². The molecular formula is C8H17N. The molecule has 9 heavy (non-hydrogen) atoms. The van der Waals surface area contributed by atoms with Gasteiger partial charge in [0.05, 0.1) is 0 Å². The summed E-state index contributed by atoms with van der Waals surface area (Å²) >= 11 is 0. The second-order valence-electron chi connectivity index (χ2n) is 3.60. The Balaban J connectivity index is 2.30. The van der Waals surface area contributed by atoms with Gasteiger partial charge in [-0.1, -0.05) is 20.8 Å². The Kier molecular flexibility index (Phi) is 2.12. The van der Waals surface area contributed by atoms with E-state index in [2.05, 4.69) is 26.1 Å². The molecule has 0 amide bonds. The summed E-state index contributed by atoms with van der Waals surface area (Å²) in [7, 11) is 0. The fraction of sp³-hybridized carbons (Fsp3) is 1.00. The van der Waals surface area contributed by atoms with Crippen LogP contribution in [0.1, 0.15) is 27.2 Å². The van der Waals surface area contributed by atoms with Gasteiger partial charge in [-0.05, 0) is 24.8 Å². The Morgan fingerprint density at radius 3 is 2.33 bits per heavy atom. The summed E-state index contributed by atoms with van der Waals surface area (Å²) in [6, 6.07) is 0.792. The van der Waals surface area contributed by atoms with Crippen LogP contribution in [0, 0.1) is 11.8 Å². The quantitative estimate of drug-likeness (QED) is 0.564. The molecule has 0 saturated carbocycles. The van der Waals surface area contributed by atoms with E-state index in [9.17, 15) is 0 Å². The van der Waals surface area contributed by atoms with E-state index < -0.39 is 0 Å². The molecule has 1 unspecified atom stereocenters. The molecular weight excluding hydrogens is 110 g/mol. The number of nitrogens with one attached hydrogen (secondary N) is 1. The molecule has 54 valence electrons. The van der Waals surface area contributed by atoms with Crippen molar-refractivity contribution in [2.24, 2.45) is 11.8 Å². The summed E-state index contributed by atoms with van der Waals surface area (Å²) < 4.78 is 0. The van der Waals surface area contributed by atoms with Crippen molar-refractivity contribution in [1.29, 1.82) is 0 Å². The highest BCUT2D eigenvalue weighted by molar-refractivity contribution is 4.80. The van der Waals surface area contributed by atoms with Gasteiger partial charge in [0.25, 0.3) is 0 Å². The predicted octanol–water partition coefficient (Wildman–Crippen LogP) is 1.64. The molecule has 1 nitrogen and oxygen atoms in total. The maximum Gasteiger partial charge on any atom is 0.00931 e. The van der Waals surface area contributed by atoms with Gasteiger partial charge in [0, 0.05) is 6.04 Å². The molecule has 1 aliphatic heterocycles. The Bertz CT molecular complexity index is 88.6. The molecule has 0 spiro atoms. The van der Waals surface area contributed by atoms with E-state index in [1.54, 1.807) is 0 Å². The summed E-state index contributed by atoms with van der Waals surface area (Å²) in [6.07, 6.45) is 1.37. The smallest absolute Gasteiger partial charge is 0.00931 e. The van der Waals surface area contributed by atoms with E-state index in [0.29, 0.717) is 0 Å². The first-order valence-electron chi connectivity index (χ1n) is 3.93. The van der Waals surface area contributed by atoms with Crippen LogP contribution >= 0.6 is 0 Å². The summed E-state index contributed by atoms with van der Waals surface area (Å²) in [4.78, 5) is 0. The van der Waals surface area contributed by atoms with Crippen LogP contribution in [0.15, 0.2) is 0 Å². The lowest BCUT2D eigenvalue weighted by molar-refractivity contribution is 0.444. The van der Waals surface area contributed by atoms with E-state index in [1.165, 1.54) is 13.0 Å². The molecule has 2 atom stereocenters. The molecule has 1 aliphatic rings. The molecule has 0 aromatic heterocycles. The summed E-state index contributed by atoms with van der Waals surface area (Å²) in [5.74, 6) is 1.72. The van der Waals surface area contributed by atoms with Gasteiger partial charge in [0.2, 0.25) is 0 Å². The molecule has 0 radical (unpaired) electrons. The van der Waals surface area contributed by atoms with E-state index in [-0.39, 0.29) is 0 Å². The minimum absolute atomic E-state index is 0.792. The molecule has 1 heterocycles. The van der Waals surface area contributed by atoms with Crippen LogP contribution in [0.25, 0.3) is 0 Å². The SMILES string of the molecule is CC1CN[C@H](C(C)C)C1. The molecule has 1 fully saturated rings. The third kappa shape index (κ3) is 1.68. The maximum absolute atomic E-state index is 3.51. The van der Waals surface area contributed by atoms with E-state index >= 15 is 0 Å². The van der Waals surface area contributed by atoms with Crippen molar-refractivity contribution >= 4 is 0 Å². The molecule has 1 heteroatoms. The molecule has 1 rings (SSSR count). The Morgan fingerprint density at radius 2 is 2.11 bits per heavy atom. The molecule has 1 saturated heterocycles. The van der Waals surface area contributed by atoms with Gasteiger partial charge in [-0.3, -0.25) is 0 Å². The standard InChI is InChI=1S/C8H17N/c1-6(2)8-4-7(3)5-9-8/h6-9H,4-5H2,1-3H3/t7?,8-/m0/s1. The Labute approximate surface area is 57.8 Å². The predicted molar refractivity (Wildman–Crippen MR) is 40.4 cm³/mol. The van der Waals surface area contributed by atoms with Gasteiger partial charge in [-0.15, -0.1) is 0 Å². The van der Waals surface area contributed by atoms with Crippen molar-refractivity contribution in [3.63, 3.8) is 0 Å². The zero-order valence-corrected chi connectivity index (χ0v) is 6.65. The van der Waals surface area contributed by atoms with Gasteiger partial charge in [-0.2, -0.15) is 0 Å². The first-order valence-corrected chi connectivity index (χ1v) is 3.93. The summed E-state index contributed by atoms with van der Waals surface area (Å²) in [5.41, 5.74) is 0. The minimum Gasteiger partial charge on any atom is -0.313 e. The fourth-order valence-corrected chi connectivity index (χ4v) is 1.46. The van der Waals surface area contributed by atoms with Crippen LogP contribution in [0.3, 0.4) is 0 Å². The normalized spacial score (nSPS) is 36.0. The summed E-state index contributed by atoms with van der Waals surface area (Å²) in [5, 5.41) is 3.51. The molecule has 0 aromatic rings. The molecule has 0 aliphatic carbocycles. The highest BCUT2D eigenvalue weighted by Crippen LogP contribution is 2.18. The van der Waals surface area contributed by atoms with Gasteiger partial charge >= 0.3 is 0 Å². The van der Waals surface area contributed by atoms with E-state index in [0.717, 1.165) is 17.9 Å². The van der Waals surface area contributed by atoms with Crippen molar-refractivity contribution in [2.45, 2.75) is 33.2 Å². The second-order valence-corrected chi connectivity index (χ2v) is 3.60. The lowest BCUT2D eigenvalue weighted by Gasteiger charge is -2.13. The van der Waals surface area contributed by atoms with Crippen LogP contribution in [0.2, 0.25) is 0 Å². The third-order valence-corrected chi connectivity index (χ3v) is 2.19. The molecule has 1 N–H and O–H groups in total. The van der Waals surface area contributed by atoms with E-state index in [1.807, 2.05) is 0 Å². The van der Waals surface area contributed by atoms with Crippen LogP contribution in [0.4, 0.5) is 0 Å². The second kappa shape index (κ2) is 2.70. The average Bonchev–Trinajstić information content (AvgIpc) is 2.14. The Morgan fingerprint density at radius 1 is 1.44 bits per heavy atom. The van der Waals surface area contributed by atoms with Crippen LogP contribution in [-0.2, 0) is 0 Å². The fourth-order valence-electron chi connectivity index (χ4n) is 1.46. The van der Waals surface area contributed by atoms with Crippen molar-refractivity contribution in [3.8, 4) is 0 Å². The van der Waals surface area contributed by atoms with Crippen LogP contribution in [0.5, 0.6) is 0 Å². The lowest BCUT2D eigenvalue weighted by Crippen LogP contribution is -2.26. The third-order valence-electron chi connectivity index (χ3n) is 2.19. The van der Waals surface area contributed by atoms with Crippen LogP contribution < -0.4 is 5.32 Å². The van der Waals surface area contributed by atoms with Gasteiger partial charge < -0.3 is 5.32 Å². The summed E-state index contributed by atoms with van der Waals surface area (Å²) in [6.45, 7) is 8.11. The largest absolute Gasteiger partial charge is 0.313 e. The number of hydrogen-bond donors (Lipinski definition) is 1. The maximum atomic E-state index is 3.51.